The Hall–Kier alpha value is -2.90. The maximum absolute atomic E-state index is 12.3. The number of hydrogen-bond acceptors (Lipinski definition) is 5. The normalized spacial score (nSPS) is 14.2. The maximum Gasteiger partial charge on any atom is 0.329 e. The van der Waals surface area contributed by atoms with E-state index < -0.39 is 36.7 Å². The number of hydrogen-bond donors (Lipinski definition) is 5. The molecule has 1 amide bonds. The lowest BCUT2D eigenvalue weighted by Crippen LogP contribution is -2.51. The Kier molecular flexibility index (Phi) is 6.50. The van der Waals surface area contributed by atoms with Gasteiger partial charge in [0.2, 0.25) is 5.91 Å². The molecule has 0 aliphatic rings. The largest absolute Gasteiger partial charge is 0.480 e. The van der Waals surface area contributed by atoms with Crippen molar-refractivity contribution in [2.75, 3.05) is 11.9 Å². The van der Waals surface area contributed by atoms with E-state index in [1.165, 1.54) is 0 Å². The van der Waals surface area contributed by atoms with Crippen molar-refractivity contribution in [2.24, 2.45) is 0 Å². The van der Waals surface area contributed by atoms with Crippen LogP contribution in [0.4, 0.5) is 5.69 Å². The number of carbonyl (C=O) groups is 2. The zero-order valence-corrected chi connectivity index (χ0v) is 13.4. The first kappa shape index (κ1) is 18.4. The van der Waals surface area contributed by atoms with Gasteiger partial charge in [-0.25, -0.2) is 4.79 Å². The molecule has 2 rings (SSSR count). The van der Waals surface area contributed by atoms with Crippen molar-refractivity contribution in [3.05, 3.63) is 66.2 Å². The highest BCUT2D eigenvalue weighted by atomic mass is 16.4. The number of anilines is 1. The average molecular weight is 344 g/mol. The molecule has 0 aliphatic heterocycles. The molecule has 5 N–H and O–H groups in total. The van der Waals surface area contributed by atoms with Crippen molar-refractivity contribution in [3.8, 4) is 0 Å². The molecule has 1 unspecified atom stereocenters. The lowest BCUT2D eigenvalue weighted by molar-refractivity contribution is -0.145. The summed E-state index contributed by atoms with van der Waals surface area (Å²) in [6, 6.07) is 14.3. The number of benzene rings is 2. The van der Waals surface area contributed by atoms with Gasteiger partial charge in [-0.1, -0.05) is 48.5 Å². The fourth-order valence-electron chi connectivity index (χ4n) is 2.30. The van der Waals surface area contributed by atoms with E-state index in [0.29, 0.717) is 11.3 Å². The standard InChI is InChI=1S/C18H20N2O5/c21-11-14(19-13-9-5-2-6-10-13)17(23)20-15(18(24)25)16(22)12-7-3-1-4-8-12/h1-10,14-16,19,21-22H,11H2,(H,20,23)(H,24,25)/t14-,15-,16?/m0/s1. The summed E-state index contributed by atoms with van der Waals surface area (Å²) in [7, 11) is 0. The molecular formula is C18H20N2O5. The summed E-state index contributed by atoms with van der Waals surface area (Å²) in [6.45, 7) is -0.533. The molecule has 2 aromatic rings. The third-order valence-corrected chi connectivity index (χ3v) is 3.63. The Labute approximate surface area is 144 Å². The highest BCUT2D eigenvalue weighted by Crippen LogP contribution is 2.17. The number of nitrogens with one attached hydrogen (secondary N) is 2. The molecule has 0 spiro atoms. The first-order valence-electron chi connectivity index (χ1n) is 7.71. The van der Waals surface area contributed by atoms with Crippen LogP contribution in [0.3, 0.4) is 0 Å². The first-order valence-corrected chi connectivity index (χ1v) is 7.71. The highest BCUT2D eigenvalue weighted by Gasteiger charge is 2.31. The van der Waals surface area contributed by atoms with Gasteiger partial charge in [0.25, 0.3) is 0 Å². The highest BCUT2D eigenvalue weighted by molar-refractivity contribution is 5.89. The monoisotopic (exact) mass is 344 g/mol. The van der Waals surface area contributed by atoms with Crippen LogP contribution in [0.25, 0.3) is 0 Å². The van der Waals surface area contributed by atoms with Gasteiger partial charge in [-0.15, -0.1) is 0 Å². The van der Waals surface area contributed by atoms with Crippen LogP contribution in [0.5, 0.6) is 0 Å². The third-order valence-electron chi connectivity index (χ3n) is 3.63. The van der Waals surface area contributed by atoms with Crippen LogP contribution >= 0.6 is 0 Å². The molecule has 0 fully saturated rings. The lowest BCUT2D eigenvalue weighted by atomic mass is 10.0. The van der Waals surface area contributed by atoms with E-state index >= 15 is 0 Å². The SMILES string of the molecule is O=C(N[C@H](C(=O)O)C(O)c1ccccc1)[C@H](CO)Nc1ccccc1. The summed E-state index contributed by atoms with van der Waals surface area (Å²) < 4.78 is 0. The van der Waals surface area contributed by atoms with E-state index in [0.717, 1.165) is 0 Å². The summed E-state index contributed by atoms with van der Waals surface area (Å²) in [5, 5.41) is 34.1. The van der Waals surface area contributed by atoms with Crippen LogP contribution in [0.2, 0.25) is 0 Å². The number of carboxylic acids is 1. The fraction of sp³-hybridized carbons (Fsp3) is 0.222. The molecule has 132 valence electrons. The van der Waals surface area contributed by atoms with Crippen molar-refractivity contribution in [2.45, 2.75) is 18.2 Å². The van der Waals surface area contributed by atoms with Crippen molar-refractivity contribution < 1.29 is 24.9 Å². The van der Waals surface area contributed by atoms with Gasteiger partial charge in [0.15, 0.2) is 6.04 Å². The van der Waals surface area contributed by atoms with Crippen LogP contribution in [0, 0.1) is 0 Å². The van der Waals surface area contributed by atoms with Gasteiger partial charge < -0.3 is 26.0 Å². The predicted molar refractivity (Wildman–Crippen MR) is 91.9 cm³/mol. The van der Waals surface area contributed by atoms with E-state index in [2.05, 4.69) is 10.6 Å². The second-order valence-electron chi connectivity index (χ2n) is 5.43. The maximum atomic E-state index is 12.3. The van der Waals surface area contributed by atoms with Gasteiger partial charge in [0, 0.05) is 5.69 Å². The number of carboxylic acid groups (broad SMARTS) is 1. The number of para-hydroxylation sites is 1. The molecule has 0 saturated carbocycles. The number of aliphatic carboxylic acids is 1. The number of carbonyl (C=O) groups excluding carboxylic acids is 1. The molecule has 7 nitrogen and oxygen atoms in total. The van der Waals surface area contributed by atoms with Gasteiger partial charge in [-0.2, -0.15) is 0 Å². The molecule has 3 atom stereocenters. The van der Waals surface area contributed by atoms with E-state index in [-0.39, 0.29) is 0 Å². The van der Waals surface area contributed by atoms with E-state index in [9.17, 15) is 24.9 Å². The molecule has 0 saturated heterocycles. The van der Waals surface area contributed by atoms with Crippen LogP contribution in [0.15, 0.2) is 60.7 Å². The van der Waals surface area contributed by atoms with Crippen molar-refractivity contribution in [1.82, 2.24) is 5.32 Å². The summed E-state index contributed by atoms with van der Waals surface area (Å²) in [5.74, 6) is -2.10. The number of amides is 1. The zero-order chi connectivity index (χ0) is 18.2. The van der Waals surface area contributed by atoms with Gasteiger partial charge in [0.1, 0.15) is 12.1 Å². The van der Waals surface area contributed by atoms with Crippen LogP contribution in [0.1, 0.15) is 11.7 Å². The predicted octanol–water partition coefficient (Wildman–Crippen LogP) is 0.762. The second kappa shape index (κ2) is 8.81. The fourth-order valence-corrected chi connectivity index (χ4v) is 2.30. The smallest absolute Gasteiger partial charge is 0.329 e. The van der Waals surface area contributed by atoms with Crippen LogP contribution in [-0.2, 0) is 9.59 Å². The summed E-state index contributed by atoms with van der Waals surface area (Å²) >= 11 is 0. The van der Waals surface area contributed by atoms with Crippen molar-refractivity contribution in [3.63, 3.8) is 0 Å². The average Bonchev–Trinajstić information content (AvgIpc) is 2.64. The molecule has 0 aliphatic carbocycles. The molecular weight excluding hydrogens is 324 g/mol. The van der Waals surface area contributed by atoms with Crippen LogP contribution < -0.4 is 10.6 Å². The summed E-state index contributed by atoms with van der Waals surface area (Å²) in [4.78, 5) is 23.8. The van der Waals surface area contributed by atoms with Crippen molar-refractivity contribution >= 4 is 17.6 Å². The first-order chi connectivity index (χ1) is 12.0. The summed E-state index contributed by atoms with van der Waals surface area (Å²) in [6.07, 6.45) is -1.42. The second-order valence-corrected chi connectivity index (χ2v) is 5.43. The zero-order valence-electron chi connectivity index (χ0n) is 13.4. The number of aliphatic hydroxyl groups is 2. The van der Waals surface area contributed by atoms with E-state index in [1.54, 1.807) is 60.7 Å². The van der Waals surface area contributed by atoms with Crippen molar-refractivity contribution in [1.29, 1.82) is 0 Å². The minimum atomic E-state index is -1.54. The van der Waals surface area contributed by atoms with Gasteiger partial charge in [0.05, 0.1) is 6.61 Å². The van der Waals surface area contributed by atoms with Gasteiger partial charge in [-0.05, 0) is 17.7 Å². The molecule has 7 heteroatoms. The minimum Gasteiger partial charge on any atom is -0.480 e. The molecule has 0 aromatic heterocycles. The Balaban J connectivity index is 2.09. The molecule has 25 heavy (non-hydrogen) atoms. The van der Waals surface area contributed by atoms with Gasteiger partial charge >= 0.3 is 5.97 Å². The lowest BCUT2D eigenvalue weighted by Gasteiger charge is -2.24. The Morgan fingerprint density at radius 2 is 1.52 bits per heavy atom. The Bertz CT molecular complexity index is 693. The molecule has 0 heterocycles. The number of aliphatic hydroxyl groups excluding tert-OH is 2. The van der Waals surface area contributed by atoms with Crippen LogP contribution in [-0.4, -0.2) is 45.9 Å². The quantitative estimate of drug-likeness (QED) is 0.482. The van der Waals surface area contributed by atoms with E-state index in [4.69, 9.17) is 0 Å². The molecule has 0 bridgehead atoms. The molecule has 0 radical (unpaired) electrons. The Morgan fingerprint density at radius 3 is 2.04 bits per heavy atom. The van der Waals surface area contributed by atoms with E-state index in [1.807, 2.05) is 0 Å². The summed E-state index contributed by atoms with van der Waals surface area (Å²) in [5.41, 5.74) is 0.971. The topological polar surface area (TPSA) is 119 Å². The minimum absolute atomic E-state index is 0.367. The molecule has 2 aromatic carbocycles. The number of rotatable bonds is 8. The third kappa shape index (κ3) is 5.03. The van der Waals surface area contributed by atoms with Gasteiger partial charge in [-0.3, -0.25) is 4.79 Å². The Morgan fingerprint density at radius 1 is 0.960 bits per heavy atom.